The zero-order valence-corrected chi connectivity index (χ0v) is 13.0. The molecule has 1 aliphatic carbocycles. The van der Waals surface area contributed by atoms with Crippen LogP contribution in [0.3, 0.4) is 0 Å². The summed E-state index contributed by atoms with van der Waals surface area (Å²) in [6.07, 6.45) is 1.08. The summed E-state index contributed by atoms with van der Waals surface area (Å²) in [5, 5.41) is 10.1. The molecule has 1 aromatic rings. The molecule has 1 aromatic carbocycles. The van der Waals surface area contributed by atoms with Gasteiger partial charge in [0.05, 0.1) is 19.3 Å². The lowest BCUT2D eigenvalue weighted by molar-refractivity contribution is -0.260. The van der Waals surface area contributed by atoms with E-state index in [1.54, 1.807) is 0 Å². The largest absolute Gasteiger partial charge is 0.487 e. The summed E-state index contributed by atoms with van der Waals surface area (Å²) in [7, 11) is 0. The minimum atomic E-state index is -0.197. The van der Waals surface area contributed by atoms with Crippen LogP contribution in [0.1, 0.15) is 38.9 Å². The zero-order valence-electron chi connectivity index (χ0n) is 13.0. The van der Waals surface area contributed by atoms with E-state index < -0.39 is 0 Å². The highest BCUT2D eigenvalue weighted by Crippen LogP contribution is 2.63. The van der Waals surface area contributed by atoms with Gasteiger partial charge in [-0.3, -0.25) is 0 Å². The van der Waals surface area contributed by atoms with Gasteiger partial charge in [-0.25, -0.2) is 0 Å². The topological polar surface area (TPSA) is 38.7 Å². The highest BCUT2D eigenvalue weighted by Gasteiger charge is 2.64. The Morgan fingerprint density at radius 3 is 2.81 bits per heavy atom. The van der Waals surface area contributed by atoms with E-state index in [0.29, 0.717) is 24.4 Å². The first-order valence-electron chi connectivity index (χ1n) is 8.02. The third kappa shape index (κ3) is 1.56. The van der Waals surface area contributed by atoms with Crippen molar-refractivity contribution in [3.05, 3.63) is 29.8 Å². The predicted molar refractivity (Wildman–Crippen MR) is 80.1 cm³/mol. The van der Waals surface area contributed by atoms with Gasteiger partial charge in [-0.05, 0) is 31.2 Å². The van der Waals surface area contributed by atoms with Crippen molar-refractivity contribution in [3.63, 3.8) is 0 Å². The molecule has 3 heteroatoms. The first-order valence-corrected chi connectivity index (χ1v) is 8.02. The van der Waals surface area contributed by atoms with E-state index in [-0.39, 0.29) is 23.7 Å². The number of aliphatic hydroxyl groups is 1. The standard InChI is InChI=1S/C18H24O3/c1-11-8-17(3)15-12(2)18(11,9-19)10-20-16(15)13-6-4-5-7-14(13)21-17/h4-7,11-12,15-16,19H,8-10H2,1-3H3/t11-,12-,15-,16-,17+,18-/m1/s1. The van der Waals surface area contributed by atoms with Crippen molar-refractivity contribution in [2.75, 3.05) is 13.2 Å². The molecule has 21 heavy (non-hydrogen) atoms. The molecule has 0 radical (unpaired) electrons. The molecule has 3 aliphatic rings. The summed E-state index contributed by atoms with van der Waals surface area (Å²) >= 11 is 0. The van der Waals surface area contributed by atoms with Crippen molar-refractivity contribution >= 4 is 0 Å². The van der Waals surface area contributed by atoms with Crippen LogP contribution in [0.4, 0.5) is 0 Å². The second kappa shape index (κ2) is 4.23. The van der Waals surface area contributed by atoms with E-state index >= 15 is 0 Å². The van der Waals surface area contributed by atoms with Gasteiger partial charge in [0.1, 0.15) is 11.4 Å². The average Bonchev–Trinajstić information content (AvgIpc) is 2.46. The van der Waals surface area contributed by atoms with Crippen LogP contribution in [-0.4, -0.2) is 23.9 Å². The third-order valence-electron chi connectivity index (χ3n) is 6.56. The second-order valence-electron chi connectivity index (χ2n) is 7.50. The number of aliphatic hydroxyl groups excluding tert-OH is 1. The Kier molecular flexibility index (Phi) is 2.74. The van der Waals surface area contributed by atoms with Gasteiger partial charge in [-0.2, -0.15) is 0 Å². The Labute approximate surface area is 126 Å². The molecule has 2 bridgehead atoms. The van der Waals surface area contributed by atoms with Crippen molar-refractivity contribution in [3.8, 4) is 5.75 Å². The fourth-order valence-corrected chi connectivity index (χ4v) is 5.29. The number of hydrogen-bond acceptors (Lipinski definition) is 3. The van der Waals surface area contributed by atoms with Crippen molar-refractivity contribution in [1.82, 2.24) is 0 Å². The summed E-state index contributed by atoms with van der Waals surface area (Å²) in [6.45, 7) is 7.60. The molecule has 0 aromatic heterocycles. The Balaban J connectivity index is 1.87. The lowest BCUT2D eigenvalue weighted by Crippen LogP contribution is -2.65. The average molecular weight is 288 g/mol. The van der Waals surface area contributed by atoms with E-state index in [1.165, 1.54) is 5.56 Å². The van der Waals surface area contributed by atoms with Crippen molar-refractivity contribution in [2.45, 2.75) is 38.9 Å². The number of ether oxygens (including phenoxy) is 2. The molecule has 2 aliphatic heterocycles. The SMILES string of the molecule is C[C@@H]1C[C@]2(C)Oc3ccccc3[C@H]3OC[C@@]1(CO)[C@H](C)[C@H]32. The third-order valence-corrected chi connectivity index (χ3v) is 6.56. The van der Waals surface area contributed by atoms with Crippen LogP contribution in [0.15, 0.2) is 24.3 Å². The molecule has 114 valence electrons. The molecular formula is C18H24O3. The van der Waals surface area contributed by atoms with Crippen LogP contribution in [0.2, 0.25) is 0 Å². The lowest BCUT2D eigenvalue weighted by Gasteiger charge is -2.63. The maximum absolute atomic E-state index is 10.1. The number of para-hydroxylation sites is 1. The van der Waals surface area contributed by atoms with Gasteiger partial charge in [0.2, 0.25) is 0 Å². The Hall–Kier alpha value is -1.06. The summed E-state index contributed by atoms with van der Waals surface area (Å²) < 4.78 is 12.7. The molecule has 0 spiro atoms. The molecule has 0 unspecified atom stereocenters. The molecule has 2 heterocycles. The van der Waals surface area contributed by atoms with E-state index in [2.05, 4.69) is 39.0 Å². The van der Waals surface area contributed by atoms with Crippen LogP contribution in [0.5, 0.6) is 5.75 Å². The summed E-state index contributed by atoms with van der Waals surface area (Å²) in [6, 6.07) is 8.26. The molecule has 1 saturated carbocycles. The molecule has 1 N–H and O–H groups in total. The molecule has 4 rings (SSSR count). The monoisotopic (exact) mass is 288 g/mol. The van der Waals surface area contributed by atoms with Gasteiger partial charge in [0.25, 0.3) is 0 Å². The fraction of sp³-hybridized carbons (Fsp3) is 0.667. The molecule has 0 amide bonds. The predicted octanol–water partition coefficient (Wildman–Crippen LogP) is 3.18. The van der Waals surface area contributed by atoms with Crippen molar-refractivity contribution in [1.29, 1.82) is 0 Å². The minimum absolute atomic E-state index is 0.0992. The molecule has 6 atom stereocenters. The van der Waals surface area contributed by atoms with Gasteiger partial charge in [0, 0.05) is 16.9 Å². The Morgan fingerprint density at radius 2 is 2.05 bits per heavy atom. The van der Waals surface area contributed by atoms with Crippen LogP contribution >= 0.6 is 0 Å². The van der Waals surface area contributed by atoms with Crippen molar-refractivity contribution in [2.24, 2.45) is 23.2 Å². The summed E-state index contributed by atoms with van der Waals surface area (Å²) in [5.74, 6) is 2.07. The lowest BCUT2D eigenvalue weighted by atomic mass is 9.50. The number of hydrogen-bond donors (Lipinski definition) is 1. The van der Waals surface area contributed by atoms with E-state index in [9.17, 15) is 5.11 Å². The van der Waals surface area contributed by atoms with Crippen LogP contribution in [-0.2, 0) is 4.74 Å². The zero-order chi connectivity index (χ0) is 14.8. The summed E-state index contributed by atoms with van der Waals surface area (Å²) in [4.78, 5) is 0. The number of benzene rings is 1. The van der Waals surface area contributed by atoms with E-state index in [4.69, 9.17) is 9.47 Å². The minimum Gasteiger partial charge on any atom is -0.487 e. The Morgan fingerprint density at radius 1 is 1.29 bits per heavy atom. The highest BCUT2D eigenvalue weighted by molar-refractivity contribution is 5.40. The highest BCUT2D eigenvalue weighted by atomic mass is 16.5. The van der Waals surface area contributed by atoms with Gasteiger partial charge in [0.15, 0.2) is 0 Å². The number of rotatable bonds is 1. The quantitative estimate of drug-likeness (QED) is 0.862. The first-order chi connectivity index (χ1) is 10.0. The fourth-order valence-electron chi connectivity index (χ4n) is 5.29. The van der Waals surface area contributed by atoms with Gasteiger partial charge in [-0.1, -0.05) is 32.0 Å². The molecule has 2 fully saturated rings. The van der Waals surface area contributed by atoms with Crippen LogP contribution in [0, 0.1) is 23.2 Å². The normalized spacial score (nSPS) is 47.4. The molecular weight excluding hydrogens is 264 g/mol. The van der Waals surface area contributed by atoms with Gasteiger partial charge < -0.3 is 14.6 Å². The first kappa shape index (κ1) is 13.6. The molecule has 1 saturated heterocycles. The maximum Gasteiger partial charge on any atom is 0.125 e. The summed E-state index contributed by atoms with van der Waals surface area (Å²) in [5.41, 5.74) is 0.862. The number of fused-ring (bicyclic) bond motifs is 3. The van der Waals surface area contributed by atoms with Crippen LogP contribution in [0.25, 0.3) is 0 Å². The van der Waals surface area contributed by atoms with Gasteiger partial charge in [-0.15, -0.1) is 0 Å². The maximum atomic E-state index is 10.1. The van der Waals surface area contributed by atoms with Gasteiger partial charge >= 0.3 is 0 Å². The smallest absolute Gasteiger partial charge is 0.125 e. The second-order valence-corrected chi connectivity index (χ2v) is 7.50. The van der Waals surface area contributed by atoms with E-state index in [1.807, 2.05) is 6.07 Å². The van der Waals surface area contributed by atoms with E-state index in [0.717, 1.165) is 12.2 Å². The Bertz CT molecular complexity index is 571. The van der Waals surface area contributed by atoms with Crippen molar-refractivity contribution < 1.29 is 14.6 Å². The molecule has 3 nitrogen and oxygen atoms in total. The van der Waals surface area contributed by atoms with Crippen LogP contribution < -0.4 is 4.74 Å².